The van der Waals surface area contributed by atoms with Gasteiger partial charge in [0, 0.05) is 41.5 Å². The summed E-state index contributed by atoms with van der Waals surface area (Å²) in [7, 11) is 1.90. The van der Waals surface area contributed by atoms with Crippen molar-refractivity contribution in [1.82, 2.24) is 0 Å². The van der Waals surface area contributed by atoms with Gasteiger partial charge >= 0.3 is 0 Å². The molecule has 2 aromatic carbocycles. The predicted molar refractivity (Wildman–Crippen MR) is 126 cm³/mol. The van der Waals surface area contributed by atoms with Crippen LogP contribution in [0.1, 0.15) is 19.8 Å². The first-order valence-electron chi connectivity index (χ1n) is 9.27. The van der Waals surface area contributed by atoms with E-state index in [-0.39, 0.29) is 0 Å². The van der Waals surface area contributed by atoms with Crippen LogP contribution in [0.25, 0.3) is 0 Å². The van der Waals surface area contributed by atoms with Gasteiger partial charge in [-0.15, -0.1) is 23.5 Å². The lowest BCUT2D eigenvalue weighted by Gasteiger charge is -2.19. The van der Waals surface area contributed by atoms with Gasteiger partial charge in [-0.1, -0.05) is 24.6 Å². The lowest BCUT2D eigenvalue weighted by atomic mass is 10.3. The number of hydrogen-bond acceptors (Lipinski definition) is 4. The number of aliphatic imine (C=N–C) groups is 1. The number of thioether (sulfide) groups is 2. The van der Waals surface area contributed by atoms with Gasteiger partial charge in [0.1, 0.15) is 0 Å². The maximum atomic E-state index is 6.34. The Morgan fingerprint density at radius 3 is 2.75 bits per heavy atom. The summed E-state index contributed by atoms with van der Waals surface area (Å²) < 4.78 is 5.52. The Morgan fingerprint density at radius 1 is 1.18 bits per heavy atom. The summed E-state index contributed by atoms with van der Waals surface area (Å²) in [6, 6.07) is 14.1. The van der Waals surface area contributed by atoms with E-state index in [2.05, 4.69) is 30.3 Å². The molecule has 0 aliphatic carbocycles. The van der Waals surface area contributed by atoms with E-state index in [9.17, 15) is 0 Å². The quantitative estimate of drug-likeness (QED) is 0.212. The molecule has 152 valence electrons. The highest BCUT2D eigenvalue weighted by atomic mass is 35.5. The molecule has 0 bridgehead atoms. The second kappa shape index (κ2) is 12.3. The predicted octanol–water partition coefficient (Wildman–Crippen LogP) is 6.05. The summed E-state index contributed by atoms with van der Waals surface area (Å²) in [6.45, 7) is 3.75. The standard InChI is InChI=1S/C21H28ClN3OS2/c1-4-11-26-12-6-13-28-18-9-10-19(22)20(15-18)24-21(23)25(2)16-7-5-8-17(14-16)27-3/h5,7-10,14-15H,4,6,11-13H2,1-3H3,(H2,23,24). The number of halogens is 1. The Bertz CT molecular complexity index is 786. The van der Waals surface area contributed by atoms with E-state index >= 15 is 0 Å². The van der Waals surface area contributed by atoms with Crippen molar-refractivity contribution in [3.8, 4) is 0 Å². The zero-order valence-corrected chi connectivity index (χ0v) is 19.0. The highest BCUT2D eigenvalue weighted by molar-refractivity contribution is 7.99. The summed E-state index contributed by atoms with van der Waals surface area (Å²) in [5, 5.41) is 0.588. The molecule has 0 aromatic heterocycles. The maximum absolute atomic E-state index is 6.34. The Morgan fingerprint density at radius 2 is 2.00 bits per heavy atom. The first-order valence-corrected chi connectivity index (χ1v) is 11.9. The van der Waals surface area contributed by atoms with Crippen LogP contribution < -0.4 is 10.6 Å². The van der Waals surface area contributed by atoms with Crippen molar-refractivity contribution in [3.05, 3.63) is 47.5 Å². The van der Waals surface area contributed by atoms with Gasteiger partial charge in [-0.25, -0.2) is 4.99 Å². The highest BCUT2D eigenvalue weighted by Gasteiger charge is 2.08. The Labute approximate surface area is 181 Å². The average Bonchev–Trinajstić information content (AvgIpc) is 2.72. The number of guanidine groups is 1. The maximum Gasteiger partial charge on any atom is 0.200 e. The minimum Gasteiger partial charge on any atom is -0.381 e. The van der Waals surface area contributed by atoms with Crippen molar-refractivity contribution in [3.63, 3.8) is 0 Å². The van der Waals surface area contributed by atoms with E-state index in [1.54, 1.807) is 23.5 Å². The fourth-order valence-corrected chi connectivity index (χ4v) is 3.89. The molecule has 0 fully saturated rings. The molecule has 2 aromatic rings. The first-order chi connectivity index (χ1) is 13.5. The summed E-state index contributed by atoms with van der Waals surface area (Å²) in [5.74, 6) is 1.39. The van der Waals surface area contributed by atoms with Crippen molar-refractivity contribution in [2.75, 3.05) is 37.2 Å². The molecular formula is C21H28ClN3OS2. The average molecular weight is 438 g/mol. The van der Waals surface area contributed by atoms with Crippen molar-refractivity contribution in [2.24, 2.45) is 10.7 Å². The molecule has 0 radical (unpaired) electrons. The van der Waals surface area contributed by atoms with Crippen LogP contribution >= 0.6 is 35.1 Å². The van der Waals surface area contributed by atoms with E-state index < -0.39 is 0 Å². The van der Waals surface area contributed by atoms with Gasteiger partial charge in [0.05, 0.1) is 10.7 Å². The molecular weight excluding hydrogens is 410 g/mol. The third-order valence-electron chi connectivity index (χ3n) is 3.99. The van der Waals surface area contributed by atoms with E-state index in [1.165, 1.54) is 4.90 Å². The van der Waals surface area contributed by atoms with Gasteiger partial charge in [0.25, 0.3) is 0 Å². The molecule has 2 rings (SSSR count). The van der Waals surface area contributed by atoms with E-state index in [4.69, 9.17) is 22.1 Å². The molecule has 0 aliphatic rings. The Hall–Kier alpha value is -1.34. The van der Waals surface area contributed by atoms with E-state index in [1.807, 2.05) is 42.3 Å². The zero-order chi connectivity index (χ0) is 20.4. The Kier molecular flexibility index (Phi) is 10.1. The zero-order valence-electron chi connectivity index (χ0n) is 16.7. The van der Waals surface area contributed by atoms with Crippen molar-refractivity contribution in [2.45, 2.75) is 29.6 Å². The van der Waals surface area contributed by atoms with Crippen LogP contribution in [0.5, 0.6) is 0 Å². The van der Waals surface area contributed by atoms with Crippen LogP contribution in [0.2, 0.25) is 5.02 Å². The van der Waals surface area contributed by atoms with E-state index in [0.29, 0.717) is 16.7 Å². The Balaban J connectivity index is 2.04. The lowest BCUT2D eigenvalue weighted by molar-refractivity contribution is 0.136. The third kappa shape index (κ3) is 7.24. The third-order valence-corrected chi connectivity index (χ3v) is 6.11. The summed E-state index contributed by atoms with van der Waals surface area (Å²) in [6.07, 6.45) is 4.13. The van der Waals surface area contributed by atoms with Gasteiger partial charge in [-0.2, -0.15) is 0 Å². The number of ether oxygens (including phenoxy) is 1. The van der Waals surface area contributed by atoms with E-state index in [0.717, 1.165) is 42.4 Å². The van der Waals surface area contributed by atoms with Gasteiger partial charge in [-0.05, 0) is 55.5 Å². The second-order valence-electron chi connectivity index (χ2n) is 6.16. The van der Waals surface area contributed by atoms with Crippen molar-refractivity contribution < 1.29 is 4.74 Å². The number of rotatable bonds is 10. The number of benzene rings is 2. The van der Waals surface area contributed by atoms with Gasteiger partial charge in [0.2, 0.25) is 5.96 Å². The molecule has 0 atom stereocenters. The minimum atomic E-state index is 0.398. The molecule has 0 aliphatic heterocycles. The molecule has 0 saturated carbocycles. The van der Waals surface area contributed by atoms with Crippen LogP contribution in [0.4, 0.5) is 11.4 Å². The summed E-state index contributed by atoms with van der Waals surface area (Å²) in [4.78, 5) is 8.73. The summed E-state index contributed by atoms with van der Waals surface area (Å²) in [5.41, 5.74) is 7.91. The molecule has 4 nitrogen and oxygen atoms in total. The first kappa shape index (κ1) is 22.9. The molecule has 28 heavy (non-hydrogen) atoms. The van der Waals surface area contributed by atoms with Crippen molar-refractivity contribution >= 4 is 52.5 Å². The molecule has 0 unspecified atom stereocenters. The van der Waals surface area contributed by atoms with Crippen LogP contribution in [0.3, 0.4) is 0 Å². The van der Waals surface area contributed by atoms with Gasteiger partial charge in [0.15, 0.2) is 0 Å². The monoisotopic (exact) mass is 437 g/mol. The minimum absolute atomic E-state index is 0.398. The number of nitrogens with two attached hydrogens (primary N) is 1. The fourth-order valence-electron chi connectivity index (χ4n) is 2.42. The topological polar surface area (TPSA) is 50.9 Å². The van der Waals surface area contributed by atoms with Crippen LogP contribution in [0, 0.1) is 0 Å². The largest absolute Gasteiger partial charge is 0.381 e. The molecule has 0 spiro atoms. The second-order valence-corrected chi connectivity index (χ2v) is 8.61. The highest BCUT2D eigenvalue weighted by Crippen LogP contribution is 2.31. The van der Waals surface area contributed by atoms with Crippen LogP contribution in [-0.4, -0.2) is 38.2 Å². The molecule has 2 N–H and O–H groups in total. The van der Waals surface area contributed by atoms with Gasteiger partial charge in [-0.3, -0.25) is 0 Å². The summed E-state index contributed by atoms with van der Waals surface area (Å²) >= 11 is 9.81. The number of nitrogens with zero attached hydrogens (tertiary/aromatic N) is 2. The van der Waals surface area contributed by atoms with Crippen LogP contribution in [0.15, 0.2) is 57.2 Å². The molecule has 7 heteroatoms. The smallest absolute Gasteiger partial charge is 0.200 e. The normalized spacial score (nSPS) is 11.6. The van der Waals surface area contributed by atoms with Crippen LogP contribution in [-0.2, 0) is 4.74 Å². The fraction of sp³-hybridized carbons (Fsp3) is 0.381. The molecule has 0 saturated heterocycles. The number of anilines is 1. The SMILES string of the molecule is CCCOCCCSc1ccc(Cl)c(N=C(N)N(C)c2cccc(SC)c2)c1. The number of hydrogen-bond donors (Lipinski definition) is 1. The molecule has 0 heterocycles. The van der Waals surface area contributed by atoms with Crippen molar-refractivity contribution in [1.29, 1.82) is 0 Å². The lowest BCUT2D eigenvalue weighted by Crippen LogP contribution is -2.33. The van der Waals surface area contributed by atoms with Gasteiger partial charge < -0.3 is 15.4 Å². The molecule has 0 amide bonds.